The van der Waals surface area contributed by atoms with Gasteiger partial charge in [0.05, 0.1) is 11.6 Å². The van der Waals surface area contributed by atoms with Crippen LogP contribution < -0.4 is 5.32 Å². The highest BCUT2D eigenvalue weighted by Crippen LogP contribution is 2.24. The minimum Gasteiger partial charge on any atom is -0.477 e. The van der Waals surface area contributed by atoms with Crippen LogP contribution in [0.2, 0.25) is 0 Å². The molecule has 0 saturated heterocycles. The number of halogens is 1. The molecule has 2 aromatic heterocycles. The summed E-state index contributed by atoms with van der Waals surface area (Å²) in [5, 5.41) is 23.1. The first kappa shape index (κ1) is 17.8. The van der Waals surface area contributed by atoms with Gasteiger partial charge in [-0.25, -0.2) is 14.2 Å². The first-order valence-electron chi connectivity index (χ1n) is 8.03. The van der Waals surface area contributed by atoms with E-state index in [0.717, 1.165) is 0 Å². The highest BCUT2D eigenvalue weighted by atomic mass is 19.1. The minimum atomic E-state index is -1.13. The fourth-order valence-corrected chi connectivity index (χ4v) is 2.44. The Kier molecular flexibility index (Phi) is 4.37. The summed E-state index contributed by atoms with van der Waals surface area (Å²) < 4.78 is 14.7. The van der Waals surface area contributed by atoms with Crippen LogP contribution in [0.1, 0.15) is 31.3 Å². The molecule has 3 rings (SSSR count). The summed E-state index contributed by atoms with van der Waals surface area (Å²) in [6.07, 6.45) is 1.51. The van der Waals surface area contributed by atoms with E-state index in [-0.39, 0.29) is 17.7 Å². The molecule has 3 aromatic rings. The summed E-state index contributed by atoms with van der Waals surface area (Å²) in [6, 6.07) is 6.59. The Hall–Kier alpha value is -3.00. The first-order valence-corrected chi connectivity index (χ1v) is 8.03. The van der Waals surface area contributed by atoms with Gasteiger partial charge in [-0.3, -0.25) is 4.57 Å². The summed E-state index contributed by atoms with van der Waals surface area (Å²) in [4.78, 5) is 20.2. The monoisotopic (exact) mass is 358 g/mol. The minimum absolute atomic E-state index is 0.00593. The van der Waals surface area contributed by atoms with Gasteiger partial charge in [-0.1, -0.05) is 0 Å². The van der Waals surface area contributed by atoms with Crippen molar-refractivity contribution in [1.29, 1.82) is 0 Å². The summed E-state index contributed by atoms with van der Waals surface area (Å²) in [5.74, 6) is -1.30. The van der Waals surface area contributed by atoms with Crippen molar-refractivity contribution in [2.75, 3.05) is 5.32 Å². The average Bonchev–Trinajstić information content (AvgIpc) is 2.94. The smallest absolute Gasteiger partial charge is 0.352 e. The number of rotatable bonds is 5. The first-order chi connectivity index (χ1) is 12.2. The van der Waals surface area contributed by atoms with Gasteiger partial charge in [-0.2, -0.15) is 4.98 Å². The summed E-state index contributed by atoms with van der Waals surface area (Å²) in [7, 11) is 0. The highest BCUT2D eigenvalue weighted by Gasteiger charge is 2.24. The van der Waals surface area contributed by atoms with Crippen LogP contribution in [-0.4, -0.2) is 42.4 Å². The molecule has 136 valence electrons. The second kappa shape index (κ2) is 6.38. The molecule has 8 heteroatoms. The molecule has 0 bridgehead atoms. The van der Waals surface area contributed by atoms with Crippen molar-refractivity contribution >= 4 is 23.0 Å². The Labute approximate surface area is 149 Å². The topological polar surface area (TPSA) is 100 Å². The fraction of sp³-hybridized carbons (Fsp3) is 0.278. The molecule has 0 aliphatic heterocycles. The van der Waals surface area contributed by atoms with Gasteiger partial charge >= 0.3 is 5.97 Å². The van der Waals surface area contributed by atoms with E-state index in [9.17, 15) is 19.4 Å². The van der Waals surface area contributed by atoms with Crippen LogP contribution >= 0.6 is 0 Å². The lowest BCUT2D eigenvalue weighted by molar-refractivity contribution is 0.0645. The molecule has 0 saturated carbocycles. The van der Waals surface area contributed by atoms with Crippen LogP contribution in [0.3, 0.4) is 0 Å². The zero-order chi connectivity index (χ0) is 19.1. The lowest BCUT2D eigenvalue weighted by Crippen LogP contribution is -2.39. The maximum atomic E-state index is 13.2. The van der Waals surface area contributed by atoms with E-state index in [4.69, 9.17) is 0 Å². The zero-order valence-corrected chi connectivity index (χ0v) is 14.6. The molecular weight excluding hydrogens is 339 g/mol. The average molecular weight is 358 g/mol. The lowest BCUT2D eigenvalue weighted by Gasteiger charge is -2.26. The molecule has 0 aliphatic carbocycles. The van der Waals surface area contributed by atoms with E-state index in [1.807, 2.05) is 0 Å². The number of carboxylic acids is 1. The molecule has 2 heterocycles. The third-order valence-corrected chi connectivity index (χ3v) is 4.25. The highest BCUT2D eigenvalue weighted by molar-refractivity contribution is 5.94. The molecule has 26 heavy (non-hydrogen) atoms. The van der Waals surface area contributed by atoms with Gasteiger partial charge in [0.25, 0.3) is 0 Å². The van der Waals surface area contributed by atoms with E-state index in [2.05, 4.69) is 15.3 Å². The lowest BCUT2D eigenvalue weighted by atomic mass is 10.0. The van der Waals surface area contributed by atoms with Crippen molar-refractivity contribution < 1.29 is 19.4 Å². The van der Waals surface area contributed by atoms with Gasteiger partial charge in [0.2, 0.25) is 5.95 Å². The molecule has 0 radical (unpaired) electrons. The second-order valence-corrected chi connectivity index (χ2v) is 6.64. The van der Waals surface area contributed by atoms with Gasteiger partial charge in [0.1, 0.15) is 11.5 Å². The van der Waals surface area contributed by atoms with Crippen LogP contribution in [0, 0.1) is 5.82 Å². The number of benzene rings is 1. The van der Waals surface area contributed by atoms with Gasteiger partial charge in [-0.15, -0.1) is 0 Å². The number of aromatic nitrogens is 3. The van der Waals surface area contributed by atoms with E-state index < -0.39 is 17.4 Å². The summed E-state index contributed by atoms with van der Waals surface area (Å²) in [6.45, 7) is 5.11. The molecule has 1 atom stereocenters. The van der Waals surface area contributed by atoms with Crippen LogP contribution in [0.25, 0.3) is 16.7 Å². The van der Waals surface area contributed by atoms with E-state index in [1.165, 1.54) is 41.1 Å². The maximum absolute atomic E-state index is 13.2. The number of nitrogens with one attached hydrogen (secondary N) is 1. The van der Waals surface area contributed by atoms with Crippen molar-refractivity contribution in [1.82, 2.24) is 14.5 Å². The quantitative estimate of drug-likeness (QED) is 0.648. The fourth-order valence-electron chi connectivity index (χ4n) is 2.44. The van der Waals surface area contributed by atoms with Crippen molar-refractivity contribution in [3.63, 3.8) is 0 Å². The molecule has 0 spiro atoms. The number of carbonyl (C=O) groups is 1. The third-order valence-electron chi connectivity index (χ3n) is 4.25. The summed E-state index contributed by atoms with van der Waals surface area (Å²) >= 11 is 0. The maximum Gasteiger partial charge on any atom is 0.352 e. The van der Waals surface area contributed by atoms with Crippen molar-refractivity contribution in [3.05, 3.63) is 48.0 Å². The molecule has 0 fully saturated rings. The summed E-state index contributed by atoms with van der Waals surface area (Å²) in [5.41, 5.74) is -0.161. The molecule has 7 nitrogen and oxygen atoms in total. The number of aromatic carboxylic acids is 1. The molecule has 1 aromatic carbocycles. The molecule has 0 amide bonds. The molecule has 3 N–H and O–H groups in total. The normalized spacial score (nSPS) is 13.0. The largest absolute Gasteiger partial charge is 0.477 e. The predicted molar refractivity (Wildman–Crippen MR) is 95.2 cm³/mol. The number of nitrogens with zero attached hydrogens (tertiary/aromatic N) is 3. The molecular formula is C18H19FN4O3. The molecule has 1 unspecified atom stereocenters. The van der Waals surface area contributed by atoms with Gasteiger partial charge in [0.15, 0.2) is 5.65 Å². The standard InChI is InChI=1S/C18H19FN4O3/c1-10(18(2,3)26)21-17-20-9-11-8-14(16(24)25)23(15(11)22-17)13-6-4-12(19)5-7-13/h4-10,26H,1-3H3,(H,24,25)(H,20,21,22). The van der Waals surface area contributed by atoms with Crippen molar-refractivity contribution in [2.24, 2.45) is 0 Å². The Morgan fingerprint density at radius 3 is 2.54 bits per heavy atom. The zero-order valence-electron chi connectivity index (χ0n) is 14.6. The Balaban J connectivity index is 2.14. The van der Waals surface area contributed by atoms with Crippen LogP contribution in [0.15, 0.2) is 36.5 Å². The third kappa shape index (κ3) is 3.36. The van der Waals surface area contributed by atoms with Gasteiger partial charge in [-0.05, 0) is 51.1 Å². The van der Waals surface area contributed by atoms with Crippen molar-refractivity contribution in [2.45, 2.75) is 32.4 Å². The number of aliphatic hydroxyl groups is 1. The Bertz CT molecular complexity index is 961. The van der Waals surface area contributed by atoms with E-state index in [1.54, 1.807) is 20.8 Å². The predicted octanol–water partition coefficient (Wildman–Crippen LogP) is 2.83. The van der Waals surface area contributed by atoms with Crippen LogP contribution in [0.5, 0.6) is 0 Å². The number of fused-ring (bicyclic) bond motifs is 1. The van der Waals surface area contributed by atoms with Crippen LogP contribution in [-0.2, 0) is 0 Å². The number of hydrogen-bond acceptors (Lipinski definition) is 5. The number of anilines is 1. The second-order valence-electron chi connectivity index (χ2n) is 6.64. The Morgan fingerprint density at radius 2 is 1.96 bits per heavy atom. The van der Waals surface area contributed by atoms with Crippen molar-refractivity contribution in [3.8, 4) is 5.69 Å². The van der Waals surface area contributed by atoms with E-state index >= 15 is 0 Å². The van der Waals surface area contributed by atoms with Gasteiger partial charge < -0.3 is 15.5 Å². The molecule has 0 aliphatic rings. The van der Waals surface area contributed by atoms with E-state index in [0.29, 0.717) is 16.7 Å². The van der Waals surface area contributed by atoms with Crippen LogP contribution in [0.4, 0.5) is 10.3 Å². The number of hydrogen-bond donors (Lipinski definition) is 3. The number of carboxylic acid groups (broad SMARTS) is 1. The Morgan fingerprint density at radius 1 is 1.31 bits per heavy atom. The SMILES string of the molecule is CC(Nc1ncc2cc(C(=O)O)n(-c3ccc(F)cc3)c2n1)C(C)(C)O. The van der Waals surface area contributed by atoms with Gasteiger partial charge in [0, 0.05) is 17.3 Å².